The van der Waals surface area contributed by atoms with Crippen LogP contribution in [0.1, 0.15) is 29.8 Å². The first-order valence-corrected chi connectivity index (χ1v) is 7.40. The molecule has 0 spiro atoms. The van der Waals surface area contributed by atoms with Crippen LogP contribution in [0.25, 0.3) is 10.8 Å². The van der Waals surface area contributed by atoms with E-state index in [2.05, 4.69) is 4.98 Å². The van der Waals surface area contributed by atoms with Gasteiger partial charge >= 0.3 is 5.97 Å². The average Bonchev–Trinajstić information content (AvgIpc) is 2.55. The molecule has 0 fully saturated rings. The molecule has 0 aliphatic rings. The number of pyridine rings is 1. The summed E-state index contributed by atoms with van der Waals surface area (Å²) in [5.41, 5.74) is 7.22. The minimum Gasteiger partial charge on any atom is -0.451 e. The Morgan fingerprint density at radius 2 is 1.70 bits per heavy atom. The van der Waals surface area contributed by atoms with Crippen LogP contribution in [0.2, 0.25) is 0 Å². The molecule has 0 aliphatic heterocycles. The topological polar surface area (TPSA) is 65.2 Å². The van der Waals surface area contributed by atoms with Crippen molar-refractivity contribution in [1.29, 1.82) is 0 Å². The maximum Gasteiger partial charge on any atom is 0.339 e. The fourth-order valence-electron chi connectivity index (χ4n) is 2.64. The molecule has 0 atom stereocenters. The summed E-state index contributed by atoms with van der Waals surface area (Å²) in [6.45, 7) is 3.71. The van der Waals surface area contributed by atoms with Gasteiger partial charge in [-0.2, -0.15) is 0 Å². The van der Waals surface area contributed by atoms with Crippen molar-refractivity contribution in [2.45, 2.75) is 19.4 Å². The second kappa shape index (κ2) is 5.72. The molecule has 2 aromatic carbocycles. The van der Waals surface area contributed by atoms with Gasteiger partial charge in [-0.3, -0.25) is 4.98 Å². The van der Waals surface area contributed by atoms with Crippen LogP contribution < -0.4 is 5.73 Å². The molecule has 0 bridgehead atoms. The van der Waals surface area contributed by atoms with Gasteiger partial charge in [-0.15, -0.1) is 0 Å². The molecule has 3 rings (SSSR count). The highest BCUT2D eigenvalue weighted by Gasteiger charge is 2.27. The largest absolute Gasteiger partial charge is 0.451 e. The van der Waals surface area contributed by atoms with E-state index in [1.165, 1.54) is 0 Å². The van der Waals surface area contributed by atoms with Crippen molar-refractivity contribution in [3.05, 3.63) is 72.1 Å². The van der Waals surface area contributed by atoms with Gasteiger partial charge in [-0.25, -0.2) is 4.79 Å². The maximum absolute atomic E-state index is 12.7. The van der Waals surface area contributed by atoms with Crippen molar-refractivity contribution in [3.8, 4) is 0 Å². The molecular weight excluding hydrogens is 288 g/mol. The van der Waals surface area contributed by atoms with Crippen LogP contribution in [0.5, 0.6) is 0 Å². The predicted molar refractivity (Wildman–Crippen MR) is 91.0 cm³/mol. The number of hydrogen-bond acceptors (Lipinski definition) is 4. The molecule has 0 radical (unpaired) electrons. The van der Waals surface area contributed by atoms with Crippen LogP contribution in [0.3, 0.4) is 0 Å². The van der Waals surface area contributed by atoms with E-state index < -0.39 is 11.6 Å². The summed E-state index contributed by atoms with van der Waals surface area (Å²) in [6.07, 6.45) is 3.36. The minimum atomic E-state index is -0.758. The van der Waals surface area contributed by atoms with Crippen LogP contribution in [-0.2, 0) is 10.3 Å². The SMILES string of the molecule is CC(C)(OC(=O)c1cccc2cccc(N)c12)c1ccncc1. The van der Waals surface area contributed by atoms with E-state index in [1.807, 2.05) is 50.2 Å². The van der Waals surface area contributed by atoms with Crippen molar-refractivity contribution >= 4 is 22.4 Å². The third-order valence-electron chi connectivity index (χ3n) is 3.88. The quantitative estimate of drug-likeness (QED) is 0.588. The number of anilines is 1. The molecule has 4 nitrogen and oxygen atoms in total. The number of fused-ring (bicyclic) bond motifs is 1. The Morgan fingerprint density at radius 3 is 2.39 bits per heavy atom. The summed E-state index contributed by atoms with van der Waals surface area (Å²) in [5.74, 6) is -0.393. The van der Waals surface area contributed by atoms with Crippen molar-refractivity contribution in [3.63, 3.8) is 0 Å². The summed E-state index contributed by atoms with van der Waals surface area (Å²) in [5, 5.41) is 1.65. The highest BCUT2D eigenvalue weighted by Crippen LogP contribution is 2.29. The molecule has 1 aromatic heterocycles. The van der Waals surface area contributed by atoms with Crippen LogP contribution in [-0.4, -0.2) is 11.0 Å². The van der Waals surface area contributed by atoms with E-state index >= 15 is 0 Å². The van der Waals surface area contributed by atoms with Gasteiger partial charge < -0.3 is 10.5 Å². The van der Waals surface area contributed by atoms with Gasteiger partial charge in [0.05, 0.1) is 5.56 Å². The average molecular weight is 306 g/mol. The first-order valence-electron chi connectivity index (χ1n) is 7.40. The normalized spacial score (nSPS) is 11.4. The second-order valence-corrected chi connectivity index (χ2v) is 5.89. The Kier molecular flexibility index (Phi) is 3.74. The Bertz CT molecular complexity index is 852. The third-order valence-corrected chi connectivity index (χ3v) is 3.88. The number of carbonyl (C=O) groups excluding carboxylic acids is 1. The van der Waals surface area contributed by atoms with Crippen LogP contribution in [0.15, 0.2) is 60.9 Å². The molecule has 116 valence electrons. The Labute approximate surface area is 134 Å². The molecule has 0 amide bonds. The van der Waals surface area contributed by atoms with E-state index in [1.54, 1.807) is 24.5 Å². The van der Waals surface area contributed by atoms with Gasteiger partial charge in [-0.1, -0.05) is 24.3 Å². The highest BCUT2D eigenvalue weighted by atomic mass is 16.6. The number of hydrogen-bond donors (Lipinski definition) is 1. The summed E-state index contributed by atoms with van der Waals surface area (Å²) >= 11 is 0. The van der Waals surface area contributed by atoms with E-state index in [0.29, 0.717) is 11.3 Å². The van der Waals surface area contributed by atoms with Gasteiger partial charge in [-0.05, 0) is 49.1 Å². The molecule has 3 aromatic rings. The Balaban J connectivity index is 1.99. The summed E-state index contributed by atoms with van der Waals surface area (Å²) in [4.78, 5) is 16.7. The number of nitrogens with zero attached hydrogens (tertiary/aromatic N) is 1. The number of carbonyl (C=O) groups is 1. The van der Waals surface area contributed by atoms with E-state index in [0.717, 1.165) is 16.3 Å². The molecule has 0 saturated heterocycles. The zero-order valence-corrected chi connectivity index (χ0v) is 13.1. The summed E-state index contributed by atoms with van der Waals surface area (Å²) < 4.78 is 5.75. The lowest BCUT2D eigenvalue weighted by molar-refractivity contribution is -0.00293. The van der Waals surface area contributed by atoms with Crippen molar-refractivity contribution in [2.24, 2.45) is 0 Å². The van der Waals surface area contributed by atoms with E-state index in [4.69, 9.17) is 10.5 Å². The molecular formula is C19H18N2O2. The van der Waals surface area contributed by atoms with Gasteiger partial charge in [0.2, 0.25) is 0 Å². The monoisotopic (exact) mass is 306 g/mol. The molecule has 4 heteroatoms. The minimum absolute atomic E-state index is 0.393. The smallest absolute Gasteiger partial charge is 0.339 e. The Morgan fingerprint density at radius 1 is 1.04 bits per heavy atom. The number of benzene rings is 2. The molecule has 0 unspecified atom stereocenters. The summed E-state index contributed by atoms with van der Waals surface area (Å²) in [7, 11) is 0. The lowest BCUT2D eigenvalue weighted by Gasteiger charge is -2.26. The second-order valence-electron chi connectivity index (χ2n) is 5.89. The van der Waals surface area contributed by atoms with Gasteiger partial charge in [0, 0.05) is 23.5 Å². The molecule has 23 heavy (non-hydrogen) atoms. The zero-order chi connectivity index (χ0) is 16.4. The number of esters is 1. The van der Waals surface area contributed by atoms with Gasteiger partial charge in [0.25, 0.3) is 0 Å². The standard InChI is InChI=1S/C19H18N2O2/c1-19(2,14-9-11-21-12-10-14)23-18(22)15-7-3-5-13-6-4-8-16(20)17(13)15/h3-12H,20H2,1-2H3. The zero-order valence-electron chi connectivity index (χ0n) is 13.1. The molecule has 0 aliphatic carbocycles. The number of nitrogen functional groups attached to an aromatic ring is 1. The van der Waals surface area contributed by atoms with Crippen LogP contribution in [0.4, 0.5) is 5.69 Å². The molecule has 2 N–H and O–H groups in total. The number of aromatic nitrogens is 1. The van der Waals surface area contributed by atoms with Crippen molar-refractivity contribution in [1.82, 2.24) is 4.98 Å². The lowest BCUT2D eigenvalue weighted by Crippen LogP contribution is -2.25. The van der Waals surface area contributed by atoms with E-state index in [9.17, 15) is 4.79 Å². The lowest BCUT2D eigenvalue weighted by atomic mass is 9.98. The molecule has 1 heterocycles. The Hall–Kier alpha value is -2.88. The number of ether oxygens (including phenoxy) is 1. The number of rotatable bonds is 3. The van der Waals surface area contributed by atoms with E-state index in [-0.39, 0.29) is 0 Å². The van der Waals surface area contributed by atoms with Crippen molar-refractivity contribution in [2.75, 3.05) is 5.73 Å². The van der Waals surface area contributed by atoms with Crippen molar-refractivity contribution < 1.29 is 9.53 Å². The number of nitrogens with two attached hydrogens (primary N) is 1. The fourth-order valence-corrected chi connectivity index (χ4v) is 2.64. The van der Waals surface area contributed by atoms with Gasteiger partial charge in [0.1, 0.15) is 5.60 Å². The van der Waals surface area contributed by atoms with Gasteiger partial charge in [0.15, 0.2) is 0 Å². The summed E-state index contributed by atoms with van der Waals surface area (Å²) in [6, 6.07) is 14.8. The first-order chi connectivity index (χ1) is 11.0. The first kappa shape index (κ1) is 15.0. The fraction of sp³-hybridized carbons (Fsp3) is 0.158. The van der Waals surface area contributed by atoms with Crippen LogP contribution >= 0.6 is 0 Å². The predicted octanol–water partition coefficient (Wildman–Crippen LogP) is 3.91. The third kappa shape index (κ3) is 2.88. The highest BCUT2D eigenvalue weighted by molar-refractivity contribution is 6.09. The maximum atomic E-state index is 12.7. The molecule has 0 saturated carbocycles. The van der Waals surface area contributed by atoms with Crippen LogP contribution in [0, 0.1) is 0 Å².